The van der Waals surface area contributed by atoms with Crippen molar-refractivity contribution in [3.8, 4) is 0 Å². The molecule has 1 rings (SSSR count). The smallest absolute Gasteiger partial charge is 0.0467 e. The van der Waals surface area contributed by atoms with Crippen molar-refractivity contribution in [1.82, 2.24) is 4.90 Å². The van der Waals surface area contributed by atoms with Crippen LogP contribution in [-0.2, 0) is 0 Å². The standard InChI is InChI=1S/C16H28N2/c1-12-7-8-14(9-13(12)2)15(10-17)18(6)11-16(3,4)5/h7-9,15H,10-11,17H2,1-6H3. The molecule has 2 nitrogen and oxygen atoms in total. The van der Waals surface area contributed by atoms with Crippen molar-refractivity contribution in [2.75, 3.05) is 20.1 Å². The molecule has 1 unspecified atom stereocenters. The second-order valence-corrected chi connectivity index (χ2v) is 6.57. The summed E-state index contributed by atoms with van der Waals surface area (Å²) in [6.07, 6.45) is 0. The van der Waals surface area contributed by atoms with Crippen molar-refractivity contribution < 1.29 is 0 Å². The molecule has 0 fully saturated rings. The minimum atomic E-state index is 0.294. The number of hydrogen-bond acceptors (Lipinski definition) is 2. The zero-order chi connectivity index (χ0) is 13.9. The van der Waals surface area contributed by atoms with E-state index in [9.17, 15) is 0 Å². The summed E-state index contributed by atoms with van der Waals surface area (Å²) in [5, 5.41) is 0. The van der Waals surface area contributed by atoms with E-state index in [0.717, 1.165) is 6.54 Å². The van der Waals surface area contributed by atoms with E-state index in [1.807, 2.05) is 0 Å². The first-order chi connectivity index (χ1) is 8.24. The first kappa shape index (κ1) is 15.2. The maximum absolute atomic E-state index is 5.97. The number of benzene rings is 1. The number of nitrogens with two attached hydrogens (primary N) is 1. The summed E-state index contributed by atoms with van der Waals surface area (Å²) in [4.78, 5) is 2.37. The normalized spacial score (nSPS) is 14.0. The Bertz CT molecular complexity index is 391. The zero-order valence-corrected chi connectivity index (χ0v) is 12.7. The van der Waals surface area contributed by atoms with Crippen molar-refractivity contribution in [3.05, 3.63) is 34.9 Å². The molecule has 0 saturated carbocycles. The van der Waals surface area contributed by atoms with Crippen LogP contribution >= 0.6 is 0 Å². The van der Waals surface area contributed by atoms with Gasteiger partial charge in [0.25, 0.3) is 0 Å². The summed E-state index contributed by atoms with van der Waals surface area (Å²) < 4.78 is 0. The minimum absolute atomic E-state index is 0.294. The average molecular weight is 248 g/mol. The third kappa shape index (κ3) is 4.11. The number of aryl methyl sites for hydroxylation is 2. The van der Waals surface area contributed by atoms with Gasteiger partial charge in [-0.25, -0.2) is 0 Å². The van der Waals surface area contributed by atoms with Gasteiger partial charge in [-0.3, -0.25) is 4.90 Å². The molecule has 0 aromatic heterocycles. The molecule has 0 bridgehead atoms. The first-order valence-electron chi connectivity index (χ1n) is 6.72. The zero-order valence-electron chi connectivity index (χ0n) is 12.7. The molecule has 2 heteroatoms. The largest absolute Gasteiger partial charge is 0.329 e. The molecular weight excluding hydrogens is 220 g/mol. The molecule has 2 N–H and O–H groups in total. The molecule has 18 heavy (non-hydrogen) atoms. The third-order valence-electron chi connectivity index (χ3n) is 3.39. The van der Waals surface area contributed by atoms with Gasteiger partial charge in [-0.2, -0.15) is 0 Å². The second kappa shape index (κ2) is 5.85. The molecule has 0 saturated heterocycles. The number of rotatable bonds is 4. The summed E-state index contributed by atoms with van der Waals surface area (Å²) in [5.74, 6) is 0. The molecule has 0 aliphatic heterocycles. The molecule has 1 aromatic carbocycles. The molecule has 102 valence electrons. The van der Waals surface area contributed by atoms with Crippen molar-refractivity contribution in [3.63, 3.8) is 0 Å². The van der Waals surface area contributed by atoms with Crippen molar-refractivity contribution >= 4 is 0 Å². The lowest BCUT2D eigenvalue weighted by Crippen LogP contribution is -2.36. The predicted octanol–water partition coefficient (Wildman–Crippen LogP) is 3.28. The summed E-state index contributed by atoms with van der Waals surface area (Å²) >= 11 is 0. The molecular formula is C16H28N2. The van der Waals surface area contributed by atoms with E-state index in [-0.39, 0.29) is 0 Å². The Morgan fingerprint density at radius 1 is 1.17 bits per heavy atom. The highest BCUT2D eigenvalue weighted by atomic mass is 15.1. The van der Waals surface area contributed by atoms with E-state index in [4.69, 9.17) is 5.73 Å². The molecule has 0 aliphatic carbocycles. The van der Waals surface area contributed by atoms with E-state index in [1.54, 1.807) is 0 Å². The predicted molar refractivity (Wildman–Crippen MR) is 79.8 cm³/mol. The Morgan fingerprint density at radius 3 is 2.22 bits per heavy atom. The fraction of sp³-hybridized carbons (Fsp3) is 0.625. The fourth-order valence-electron chi connectivity index (χ4n) is 2.40. The van der Waals surface area contributed by atoms with Gasteiger partial charge in [-0.15, -0.1) is 0 Å². The molecule has 0 amide bonds. The second-order valence-electron chi connectivity index (χ2n) is 6.57. The van der Waals surface area contributed by atoms with Crippen LogP contribution in [-0.4, -0.2) is 25.0 Å². The maximum atomic E-state index is 5.97. The summed E-state index contributed by atoms with van der Waals surface area (Å²) in [6.45, 7) is 12.8. The van der Waals surface area contributed by atoms with E-state index >= 15 is 0 Å². The number of nitrogens with zero attached hydrogens (tertiary/aromatic N) is 1. The van der Waals surface area contributed by atoms with Crippen molar-refractivity contribution in [2.24, 2.45) is 11.1 Å². The quantitative estimate of drug-likeness (QED) is 0.886. The Kier molecular flexibility index (Phi) is 4.94. The Hall–Kier alpha value is -0.860. The molecule has 0 spiro atoms. The fourth-order valence-corrected chi connectivity index (χ4v) is 2.40. The van der Waals surface area contributed by atoms with Crippen LogP contribution in [0.2, 0.25) is 0 Å². The lowest BCUT2D eigenvalue weighted by Gasteiger charge is -2.33. The SMILES string of the molecule is Cc1ccc(C(CN)N(C)CC(C)(C)C)cc1C. The summed E-state index contributed by atoms with van der Waals surface area (Å²) in [6, 6.07) is 6.98. The third-order valence-corrected chi connectivity index (χ3v) is 3.39. The minimum Gasteiger partial charge on any atom is -0.329 e. The van der Waals surface area contributed by atoms with E-state index in [0.29, 0.717) is 18.0 Å². The highest BCUT2D eigenvalue weighted by Gasteiger charge is 2.21. The lowest BCUT2D eigenvalue weighted by atomic mass is 9.94. The Balaban J connectivity index is 2.91. The highest BCUT2D eigenvalue weighted by Crippen LogP contribution is 2.24. The van der Waals surface area contributed by atoms with Gasteiger partial charge in [0, 0.05) is 19.1 Å². The van der Waals surface area contributed by atoms with Gasteiger partial charge in [0.1, 0.15) is 0 Å². The van der Waals surface area contributed by atoms with Gasteiger partial charge in [-0.1, -0.05) is 39.0 Å². The van der Waals surface area contributed by atoms with Gasteiger partial charge >= 0.3 is 0 Å². The lowest BCUT2D eigenvalue weighted by molar-refractivity contribution is 0.175. The molecule has 0 aliphatic rings. The van der Waals surface area contributed by atoms with Crippen LogP contribution < -0.4 is 5.73 Å². The van der Waals surface area contributed by atoms with Gasteiger partial charge < -0.3 is 5.73 Å². The summed E-state index contributed by atoms with van der Waals surface area (Å²) in [7, 11) is 2.16. The van der Waals surface area contributed by atoms with Crippen LogP contribution in [0.15, 0.2) is 18.2 Å². The number of hydrogen-bond donors (Lipinski definition) is 1. The Morgan fingerprint density at radius 2 is 1.78 bits per heavy atom. The van der Waals surface area contributed by atoms with Gasteiger partial charge in [0.05, 0.1) is 0 Å². The van der Waals surface area contributed by atoms with E-state index < -0.39 is 0 Å². The topological polar surface area (TPSA) is 29.3 Å². The van der Waals surface area contributed by atoms with Crippen LogP contribution in [0.1, 0.15) is 43.5 Å². The van der Waals surface area contributed by atoms with Crippen molar-refractivity contribution in [1.29, 1.82) is 0 Å². The maximum Gasteiger partial charge on any atom is 0.0467 e. The Labute approximate surface area is 112 Å². The first-order valence-corrected chi connectivity index (χ1v) is 6.72. The van der Waals surface area contributed by atoms with Gasteiger partial charge in [0.15, 0.2) is 0 Å². The van der Waals surface area contributed by atoms with Crippen LogP contribution in [0.5, 0.6) is 0 Å². The highest BCUT2D eigenvalue weighted by molar-refractivity contribution is 5.31. The van der Waals surface area contributed by atoms with Gasteiger partial charge in [-0.05, 0) is 43.0 Å². The van der Waals surface area contributed by atoms with Crippen LogP contribution in [0, 0.1) is 19.3 Å². The average Bonchev–Trinajstić information content (AvgIpc) is 2.21. The monoisotopic (exact) mass is 248 g/mol. The number of likely N-dealkylation sites (N-methyl/N-ethyl adjacent to an activating group) is 1. The van der Waals surface area contributed by atoms with E-state index in [1.165, 1.54) is 16.7 Å². The van der Waals surface area contributed by atoms with Crippen LogP contribution in [0.3, 0.4) is 0 Å². The molecule has 1 aromatic rings. The molecule has 0 heterocycles. The van der Waals surface area contributed by atoms with Gasteiger partial charge in [0.2, 0.25) is 0 Å². The summed E-state index contributed by atoms with van der Waals surface area (Å²) in [5.41, 5.74) is 10.3. The van der Waals surface area contributed by atoms with Crippen molar-refractivity contribution in [2.45, 2.75) is 40.7 Å². The van der Waals surface area contributed by atoms with Crippen LogP contribution in [0.25, 0.3) is 0 Å². The van der Waals surface area contributed by atoms with Crippen LogP contribution in [0.4, 0.5) is 0 Å². The molecule has 1 atom stereocenters. The molecule has 0 radical (unpaired) electrons. The van der Waals surface area contributed by atoms with E-state index in [2.05, 4.69) is 64.8 Å².